The molecule has 0 saturated carbocycles. The van der Waals surface area contributed by atoms with Gasteiger partial charge in [0, 0.05) is 11.1 Å². The van der Waals surface area contributed by atoms with Crippen LogP contribution in [0.5, 0.6) is 0 Å². The number of benzene rings is 2. The van der Waals surface area contributed by atoms with Gasteiger partial charge in [-0.25, -0.2) is 0 Å². The minimum atomic E-state index is -0.436. The largest absolute Gasteiger partial charge is 0.285 e. The molecule has 0 unspecified atom stereocenters. The second-order valence-corrected chi connectivity index (χ2v) is 5.60. The van der Waals surface area contributed by atoms with Gasteiger partial charge in [-0.3, -0.25) is 9.59 Å². The Labute approximate surface area is 125 Å². The van der Waals surface area contributed by atoms with Crippen LogP contribution in [0.25, 0.3) is 0 Å². The van der Waals surface area contributed by atoms with Crippen LogP contribution in [-0.2, 0) is 6.42 Å². The molecule has 2 rings (SSSR count). The molecule has 0 aliphatic rings. The second-order valence-electron chi connectivity index (χ2n) is 5.60. The standard InChI is InChI=1S/C19H20O2/c1-5-15-7-14(4)10-17(11-15)19(21)18(20)16-8-12(2)6-13(3)9-16/h6-11H,5H2,1-4H3. The molecule has 2 aromatic carbocycles. The number of hydrogen-bond acceptors (Lipinski definition) is 2. The molecule has 0 radical (unpaired) electrons. The van der Waals surface area contributed by atoms with Gasteiger partial charge in [0.15, 0.2) is 0 Å². The van der Waals surface area contributed by atoms with E-state index >= 15 is 0 Å². The van der Waals surface area contributed by atoms with Gasteiger partial charge in [-0.15, -0.1) is 0 Å². The van der Waals surface area contributed by atoms with Crippen LogP contribution in [0.1, 0.15) is 49.9 Å². The Morgan fingerprint density at radius 1 is 0.714 bits per heavy atom. The summed E-state index contributed by atoms with van der Waals surface area (Å²) in [5.74, 6) is -0.868. The van der Waals surface area contributed by atoms with Crippen molar-refractivity contribution in [3.05, 3.63) is 69.8 Å². The Kier molecular flexibility index (Phi) is 4.37. The zero-order chi connectivity index (χ0) is 15.6. The molecule has 0 bridgehead atoms. The normalized spacial score (nSPS) is 10.5. The molecule has 0 aliphatic heterocycles. The van der Waals surface area contributed by atoms with E-state index in [0.717, 1.165) is 28.7 Å². The van der Waals surface area contributed by atoms with Gasteiger partial charge in [0.2, 0.25) is 11.6 Å². The average Bonchev–Trinajstić information content (AvgIpc) is 2.43. The number of ketones is 2. The molecule has 0 N–H and O–H groups in total. The number of aryl methyl sites for hydroxylation is 4. The lowest BCUT2D eigenvalue weighted by atomic mass is 9.96. The van der Waals surface area contributed by atoms with Crippen LogP contribution in [0, 0.1) is 20.8 Å². The van der Waals surface area contributed by atoms with Gasteiger partial charge in [-0.2, -0.15) is 0 Å². The maximum absolute atomic E-state index is 12.4. The van der Waals surface area contributed by atoms with Crippen LogP contribution in [0.15, 0.2) is 36.4 Å². The van der Waals surface area contributed by atoms with Crippen molar-refractivity contribution in [2.75, 3.05) is 0 Å². The smallest absolute Gasteiger partial charge is 0.233 e. The van der Waals surface area contributed by atoms with Gasteiger partial charge in [0.05, 0.1) is 0 Å². The Morgan fingerprint density at radius 3 is 1.62 bits per heavy atom. The predicted octanol–water partition coefficient (Wildman–Crippen LogP) is 4.24. The van der Waals surface area contributed by atoms with E-state index in [-0.39, 0.29) is 0 Å². The Hall–Kier alpha value is -2.22. The predicted molar refractivity (Wildman–Crippen MR) is 85.1 cm³/mol. The monoisotopic (exact) mass is 280 g/mol. The highest BCUT2D eigenvalue weighted by atomic mass is 16.2. The quantitative estimate of drug-likeness (QED) is 0.620. The summed E-state index contributed by atoms with van der Waals surface area (Å²) in [7, 11) is 0. The highest BCUT2D eigenvalue weighted by molar-refractivity contribution is 6.49. The van der Waals surface area contributed by atoms with Gasteiger partial charge < -0.3 is 0 Å². The van der Waals surface area contributed by atoms with E-state index in [0.29, 0.717) is 11.1 Å². The van der Waals surface area contributed by atoms with Crippen LogP contribution in [0.2, 0.25) is 0 Å². The van der Waals surface area contributed by atoms with Crippen LogP contribution in [-0.4, -0.2) is 11.6 Å². The van der Waals surface area contributed by atoms with Crippen molar-refractivity contribution in [3.8, 4) is 0 Å². The van der Waals surface area contributed by atoms with Crippen molar-refractivity contribution in [2.45, 2.75) is 34.1 Å². The molecular formula is C19H20O2. The third-order valence-electron chi connectivity index (χ3n) is 3.50. The molecule has 21 heavy (non-hydrogen) atoms. The van der Waals surface area contributed by atoms with E-state index in [4.69, 9.17) is 0 Å². The fourth-order valence-corrected chi connectivity index (χ4v) is 2.57. The Bertz CT molecular complexity index is 691. The number of rotatable bonds is 4. The lowest BCUT2D eigenvalue weighted by Crippen LogP contribution is -2.15. The van der Waals surface area contributed by atoms with Crippen molar-refractivity contribution in [3.63, 3.8) is 0 Å². The highest BCUT2D eigenvalue weighted by Crippen LogP contribution is 2.15. The molecule has 0 saturated heterocycles. The SMILES string of the molecule is CCc1cc(C)cc(C(=O)C(=O)c2cc(C)cc(C)c2)c1. The molecule has 2 nitrogen and oxygen atoms in total. The van der Waals surface area contributed by atoms with E-state index in [1.807, 2.05) is 45.9 Å². The first kappa shape index (κ1) is 15.2. The van der Waals surface area contributed by atoms with Crippen molar-refractivity contribution < 1.29 is 9.59 Å². The van der Waals surface area contributed by atoms with E-state index < -0.39 is 11.6 Å². The summed E-state index contributed by atoms with van der Waals surface area (Å²) in [6.07, 6.45) is 0.847. The summed E-state index contributed by atoms with van der Waals surface area (Å²) in [4.78, 5) is 24.8. The zero-order valence-corrected chi connectivity index (χ0v) is 13.0. The minimum absolute atomic E-state index is 0.432. The fourth-order valence-electron chi connectivity index (χ4n) is 2.57. The van der Waals surface area contributed by atoms with Gasteiger partial charge in [-0.05, 0) is 57.0 Å². The summed E-state index contributed by atoms with van der Waals surface area (Å²) >= 11 is 0. The molecule has 2 heteroatoms. The first-order valence-electron chi connectivity index (χ1n) is 7.18. The van der Waals surface area contributed by atoms with Gasteiger partial charge >= 0.3 is 0 Å². The van der Waals surface area contributed by atoms with Crippen LogP contribution < -0.4 is 0 Å². The fraction of sp³-hybridized carbons (Fsp3) is 0.263. The summed E-state index contributed by atoms with van der Waals surface area (Å²) in [5, 5.41) is 0. The van der Waals surface area contributed by atoms with Crippen LogP contribution in [0.4, 0.5) is 0 Å². The number of Topliss-reactive ketones (excluding diaryl/α,β-unsaturated/α-hetero) is 2. The Morgan fingerprint density at radius 2 is 1.14 bits per heavy atom. The van der Waals surface area contributed by atoms with Gasteiger partial charge in [0.25, 0.3) is 0 Å². The van der Waals surface area contributed by atoms with Gasteiger partial charge in [-0.1, -0.05) is 35.7 Å². The maximum atomic E-state index is 12.4. The van der Waals surface area contributed by atoms with Crippen molar-refractivity contribution in [1.82, 2.24) is 0 Å². The molecule has 0 amide bonds. The zero-order valence-electron chi connectivity index (χ0n) is 13.0. The van der Waals surface area contributed by atoms with Crippen molar-refractivity contribution >= 4 is 11.6 Å². The molecule has 0 atom stereocenters. The van der Waals surface area contributed by atoms with Crippen molar-refractivity contribution in [1.29, 1.82) is 0 Å². The summed E-state index contributed by atoms with van der Waals surface area (Å²) in [5.41, 5.74) is 5.01. The number of hydrogen-bond donors (Lipinski definition) is 0. The molecule has 2 aromatic rings. The van der Waals surface area contributed by atoms with E-state index in [1.54, 1.807) is 18.2 Å². The lowest BCUT2D eigenvalue weighted by Gasteiger charge is -2.07. The summed E-state index contributed by atoms with van der Waals surface area (Å²) in [6, 6.07) is 11.2. The number of carbonyl (C=O) groups is 2. The van der Waals surface area contributed by atoms with E-state index in [9.17, 15) is 9.59 Å². The lowest BCUT2D eigenvalue weighted by molar-refractivity contribution is 0.0817. The average molecular weight is 280 g/mol. The topological polar surface area (TPSA) is 34.1 Å². The number of carbonyl (C=O) groups excluding carboxylic acids is 2. The van der Waals surface area contributed by atoms with Crippen molar-refractivity contribution in [2.24, 2.45) is 0 Å². The van der Waals surface area contributed by atoms with Crippen LogP contribution in [0.3, 0.4) is 0 Å². The maximum Gasteiger partial charge on any atom is 0.233 e. The van der Waals surface area contributed by atoms with E-state index in [2.05, 4.69) is 0 Å². The Balaban J connectivity index is 2.39. The van der Waals surface area contributed by atoms with Crippen LogP contribution >= 0.6 is 0 Å². The molecule has 0 aliphatic carbocycles. The first-order chi connectivity index (χ1) is 9.90. The molecule has 0 spiro atoms. The third kappa shape index (κ3) is 3.46. The highest BCUT2D eigenvalue weighted by Gasteiger charge is 2.19. The second kappa shape index (κ2) is 6.04. The summed E-state index contributed by atoms with van der Waals surface area (Å²) in [6.45, 7) is 7.83. The molecule has 0 fully saturated rings. The molecule has 0 aromatic heterocycles. The summed E-state index contributed by atoms with van der Waals surface area (Å²) < 4.78 is 0. The molecule has 108 valence electrons. The van der Waals surface area contributed by atoms with Gasteiger partial charge in [0.1, 0.15) is 0 Å². The van der Waals surface area contributed by atoms with E-state index in [1.165, 1.54) is 0 Å². The minimum Gasteiger partial charge on any atom is -0.285 e. The molecule has 0 heterocycles. The first-order valence-corrected chi connectivity index (χ1v) is 7.18. The third-order valence-corrected chi connectivity index (χ3v) is 3.50. The molecular weight excluding hydrogens is 260 g/mol.